The molecule has 0 amide bonds. The smallest absolute Gasteiger partial charge is 0.0253 e. The van der Waals surface area contributed by atoms with Gasteiger partial charge in [-0.1, -0.05) is 25.5 Å². The molecule has 0 aromatic rings. The highest BCUT2D eigenvalue weighted by molar-refractivity contribution is 5.13. The van der Waals surface area contributed by atoms with Crippen LogP contribution in [0.5, 0.6) is 0 Å². The Kier molecular flexibility index (Phi) is 2.21. The first-order chi connectivity index (χ1) is 7.21. The molecule has 1 aliphatic carbocycles. The quantitative estimate of drug-likeness (QED) is 0.549. The van der Waals surface area contributed by atoms with Crippen molar-refractivity contribution in [2.75, 3.05) is 6.54 Å². The lowest BCUT2D eigenvalue weighted by Gasteiger charge is -2.57. The zero-order chi connectivity index (χ0) is 10.5. The van der Waals surface area contributed by atoms with Gasteiger partial charge in [-0.15, -0.1) is 0 Å². The van der Waals surface area contributed by atoms with E-state index in [0.29, 0.717) is 11.5 Å². The van der Waals surface area contributed by atoms with Crippen molar-refractivity contribution in [1.29, 1.82) is 0 Å². The molecule has 2 heterocycles. The van der Waals surface area contributed by atoms with Crippen LogP contribution in [-0.2, 0) is 0 Å². The van der Waals surface area contributed by atoms with E-state index >= 15 is 0 Å². The molecule has 0 bridgehead atoms. The van der Waals surface area contributed by atoms with E-state index in [4.69, 9.17) is 0 Å². The van der Waals surface area contributed by atoms with E-state index in [1.807, 2.05) is 0 Å². The van der Waals surface area contributed by atoms with Crippen LogP contribution in [-0.4, -0.2) is 23.5 Å². The number of hydrogen-bond donors (Lipinski definition) is 0. The fourth-order valence-electron chi connectivity index (χ4n) is 4.36. The van der Waals surface area contributed by atoms with Gasteiger partial charge in [-0.2, -0.15) is 0 Å². The molecule has 1 nitrogen and oxygen atoms in total. The van der Waals surface area contributed by atoms with E-state index in [0.717, 1.165) is 12.0 Å². The molecule has 84 valence electrons. The largest absolute Gasteiger partial charge is 0.293 e. The van der Waals surface area contributed by atoms with Crippen LogP contribution < -0.4 is 0 Å². The summed E-state index contributed by atoms with van der Waals surface area (Å²) in [6.45, 7) is 6.25. The van der Waals surface area contributed by atoms with Crippen molar-refractivity contribution < 1.29 is 0 Å². The SMILES string of the molecule is C[C@H]1C=C[C@H]2CCC[C@]3(C)CCCN1[C@H]23. The van der Waals surface area contributed by atoms with Gasteiger partial charge < -0.3 is 0 Å². The van der Waals surface area contributed by atoms with Crippen molar-refractivity contribution in [3.63, 3.8) is 0 Å². The number of hydrogen-bond acceptors (Lipinski definition) is 1. The molecule has 0 aromatic heterocycles. The molecule has 0 N–H and O–H groups in total. The van der Waals surface area contributed by atoms with Gasteiger partial charge >= 0.3 is 0 Å². The standard InChI is InChI=1S/C14H23N/c1-11-6-7-12-5-3-8-14(2)9-4-10-15(11)13(12)14/h6-7,11-13H,3-5,8-10H2,1-2H3/t11-,12+,13+,14+/m0/s1. The molecule has 4 atom stereocenters. The molecule has 0 unspecified atom stereocenters. The van der Waals surface area contributed by atoms with Gasteiger partial charge in [0.25, 0.3) is 0 Å². The molecule has 2 fully saturated rings. The van der Waals surface area contributed by atoms with E-state index < -0.39 is 0 Å². The van der Waals surface area contributed by atoms with Crippen molar-refractivity contribution >= 4 is 0 Å². The molecule has 3 rings (SSSR count). The molecule has 2 aliphatic heterocycles. The lowest BCUT2D eigenvalue weighted by molar-refractivity contribution is -0.0470. The first-order valence-corrected chi connectivity index (χ1v) is 6.65. The Morgan fingerprint density at radius 3 is 2.87 bits per heavy atom. The molecule has 0 spiro atoms. The fraction of sp³-hybridized carbons (Fsp3) is 0.857. The van der Waals surface area contributed by atoms with E-state index in [1.54, 1.807) is 0 Å². The van der Waals surface area contributed by atoms with E-state index in [1.165, 1.54) is 38.6 Å². The Bertz CT molecular complexity index is 279. The number of nitrogens with zero attached hydrogens (tertiary/aromatic N) is 1. The molecular formula is C14H23N. The minimum atomic E-state index is 0.625. The van der Waals surface area contributed by atoms with Gasteiger partial charge in [0.2, 0.25) is 0 Å². The summed E-state index contributed by atoms with van der Waals surface area (Å²) in [5.74, 6) is 0.861. The first kappa shape index (κ1) is 9.89. The summed E-state index contributed by atoms with van der Waals surface area (Å²) < 4.78 is 0. The molecule has 0 aromatic carbocycles. The summed E-state index contributed by atoms with van der Waals surface area (Å²) in [4.78, 5) is 2.79. The molecule has 1 saturated carbocycles. The van der Waals surface area contributed by atoms with E-state index in [9.17, 15) is 0 Å². The Morgan fingerprint density at radius 1 is 1.20 bits per heavy atom. The summed E-state index contributed by atoms with van der Waals surface area (Å²) in [5.41, 5.74) is 0.625. The van der Waals surface area contributed by atoms with Gasteiger partial charge in [-0.3, -0.25) is 4.90 Å². The molecule has 15 heavy (non-hydrogen) atoms. The molecule has 1 heteroatoms. The van der Waals surface area contributed by atoms with Gasteiger partial charge in [0.15, 0.2) is 0 Å². The van der Waals surface area contributed by atoms with Crippen LogP contribution in [0, 0.1) is 11.3 Å². The summed E-state index contributed by atoms with van der Waals surface area (Å²) >= 11 is 0. The van der Waals surface area contributed by atoms with Gasteiger partial charge in [-0.25, -0.2) is 0 Å². The summed E-state index contributed by atoms with van der Waals surface area (Å²) in [6.07, 6.45) is 12.2. The molecular weight excluding hydrogens is 182 g/mol. The van der Waals surface area contributed by atoms with Gasteiger partial charge in [0.05, 0.1) is 0 Å². The minimum absolute atomic E-state index is 0.625. The van der Waals surface area contributed by atoms with E-state index in [-0.39, 0.29) is 0 Å². The van der Waals surface area contributed by atoms with Crippen molar-refractivity contribution in [1.82, 2.24) is 4.90 Å². The predicted octanol–water partition coefficient (Wildman–Crippen LogP) is 3.22. The van der Waals surface area contributed by atoms with Crippen molar-refractivity contribution in [2.24, 2.45) is 11.3 Å². The normalized spacial score (nSPS) is 50.1. The second kappa shape index (κ2) is 3.35. The average Bonchev–Trinajstić information content (AvgIpc) is 2.23. The Balaban J connectivity index is 1.98. The van der Waals surface area contributed by atoms with E-state index in [2.05, 4.69) is 30.9 Å². The third-order valence-electron chi connectivity index (χ3n) is 5.09. The zero-order valence-electron chi connectivity index (χ0n) is 10.1. The first-order valence-electron chi connectivity index (χ1n) is 6.65. The summed E-state index contributed by atoms with van der Waals surface area (Å²) in [6, 6.07) is 1.55. The van der Waals surface area contributed by atoms with Crippen LogP contribution in [0.4, 0.5) is 0 Å². The highest BCUT2D eigenvalue weighted by atomic mass is 15.2. The highest BCUT2D eigenvalue weighted by Crippen LogP contribution is 2.50. The Labute approximate surface area is 93.5 Å². The maximum Gasteiger partial charge on any atom is 0.0253 e. The Morgan fingerprint density at radius 2 is 2.00 bits per heavy atom. The molecule has 0 radical (unpaired) electrons. The number of piperidine rings is 1. The zero-order valence-corrected chi connectivity index (χ0v) is 10.1. The minimum Gasteiger partial charge on any atom is -0.293 e. The van der Waals surface area contributed by atoms with Crippen LogP contribution in [0.1, 0.15) is 46.0 Å². The van der Waals surface area contributed by atoms with Crippen LogP contribution in [0.25, 0.3) is 0 Å². The average molecular weight is 205 g/mol. The van der Waals surface area contributed by atoms with Crippen molar-refractivity contribution in [2.45, 2.75) is 58.0 Å². The summed E-state index contributed by atoms with van der Waals surface area (Å²) in [7, 11) is 0. The second-order valence-electron chi connectivity index (χ2n) is 6.12. The van der Waals surface area contributed by atoms with Crippen LogP contribution in [0.15, 0.2) is 12.2 Å². The van der Waals surface area contributed by atoms with Gasteiger partial charge in [-0.05, 0) is 50.5 Å². The third-order valence-corrected chi connectivity index (χ3v) is 5.09. The monoisotopic (exact) mass is 205 g/mol. The van der Waals surface area contributed by atoms with Crippen molar-refractivity contribution in [3.8, 4) is 0 Å². The second-order valence-corrected chi connectivity index (χ2v) is 6.12. The maximum absolute atomic E-state index is 2.79. The van der Waals surface area contributed by atoms with Crippen LogP contribution in [0.2, 0.25) is 0 Å². The topological polar surface area (TPSA) is 3.24 Å². The van der Waals surface area contributed by atoms with Gasteiger partial charge in [0.1, 0.15) is 0 Å². The van der Waals surface area contributed by atoms with Crippen LogP contribution in [0.3, 0.4) is 0 Å². The summed E-state index contributed by atoms with van der Waals surface area (Å²) in [5, 5.41) is 0. The molecule has 3 aliphatic rings. The molecule has 1 saturated heterocycles. The number of rotatable bonds is 0. The third kappa shape index (κ3) is 1.39. The lowest BCUT2D eigenvalue weighted by Crippen LogP contribution is -2.60. The Hall–Kier alpha value is -0.300. The lowest BCUT2D eigenvalue weighted by atomic mass is 9.61. The predicted molar refractivity (Wildman–Crippen MR) is 63.8 cm³/mol. The fourth-order valence-corrected chi connectivity index (χ4v) is 4.36. The van der Waals surface area contributed by atoms with Crippen molar-refractivity contribution in [3.05, 3.63) is 12.2 Å². The van der Waals surface area contributed by atoms with Crippen LogP contribution >= 0.6 is 0 Å². The maximum atomic E-state index is 2.79. The highest BCUT2D eigenvalue weighted by Gasteiger charge is 2.48. The van der Waals surface area contributed by atoms with Gasteiger partial charge in [0, 0.05) is 12.1 Å².